The third-order valence-electron chi connectivity index (χ3n) is 11.4. The molecule has 0 saturated heterocycles. The third kappa shape index (κ3) is 3.50. The monoisotopic (exact) mass is 444 g/mol. The van der Waals surface area contributed by atoms with Crippen LogP contribution in [0.3, 0.4) is 0 Å². The molecule has 0 heterocycles. The topological polar surface area (TPSA) is 40.5 Å². The molecule has 180 valence electrons. The molecule has 31 heavy (non-hydrogen) atoms. The van der Waals surface area contributed by atoms with Gasteiger partial charge in [0.05, 0.1) is 5.60 Å². The maximum absolute atomic E-state index is 13.5. The van der Waals surface area contributed by atoms with E-state index in [9.17, 15) is 23.4 Å². The second-order valence-corrected chi connectivity index (χ2v) is 12.9. The average molecular weight is 445 g/mol. The molecule has 4 rings (SSSR count). The van der Waals surface area contributed by atoms with Crippen molar-refractivity contribution in [3.05, 3.63) is 0 Å². The van der Waals surface area contributed by atoms with Gasteiger partial charge in [0.15, 0.2) is 6.10 Å². The minimum absolute atomic E-state index is 0.107. The van der Waals surface area contributed by atoms with Gasteiger partial charge < -0.3 is 10.2 Å². The summed E-state index contributed by atoms with van der Waals surface area (Å²) in [6.07, 6.45) is 3.01. The van der Waals surface area contributed by atoms with Crippen molar-refractivity contribution in [3.8, 4) is 0 Å². The van der Waals surface area contributed by atoms with Crippen LogP contribution in [0.5, 0.6) is 0 Å². The number of fused-ring (bicyclic) bond motifs is 5. The first-order valence-electron chi connectivity index (χ1n) is 12.7. The molecule has 0 bridgehead atoms. The Balaban J connectivity index is 1.58. The molecule has 0 unspecified atom stereocenters. The van der Waals surface area contributed by atoms with Crippen LogP contribution in [-0.4, -0.2) is 28.1 Å². The van der Waals surface area contributed by atoms with E-state index in [2.05, 4.69) is 20.8 Å². The molecule has 5 heteroatoms. The number of alkyl halides is 3. The Morgan fingerprint density at radius 2 is 1.55 bits per heavy atom. The quantitative estimate of drug-likeness (QED) is 0.506. The van der Waals surface area contributed by atoms with E-state index in [1.165, 1.54) is 0 Å². The molecule has 0 aromatic carbocycles. The van der Waals surface area contributed by atoms with Crippen molar-refractivity contribution in [1.82, 2.24) is 0 Å². The zero-order valence-electron chi connectivity index (χ0n) is 20.1. The Morgan fingerprint density at radius 1 is 0.903 bits per heavy atom. The molecule has 9 atom stereocenters. The van der Waals surface area contributed by atoms with E-state index in [0.29, 0.717) is 23.7 Å². The predicted molar refractivity (Wildman–Crippen MR) is 116 cm³/mol. The maximum atomic E-state index is 13.5. The summed E-state index contributed by atoms with van der Waals surface area (Å²) in [5.41, 5.74) is -1.54. The van der Waals surface area contributed by atoms with Gasteiger partial charge in [-0.3, -0.25) is 0 Å². The lowest BCUT2D eigenvalue weighted by Gasteiger charge is -2.62. The van der Waals surface area contributed by atoms with Crippen molar-refractivity contribution in [2.45, 2.75) is 117 Å². The Morgan fingerprint density at radius 3 is 2.16 bits per heavy atom. The normalized spacial score (nSPS) is 49.2. The molecule has 0 spiro atoms. The van der Waals surface area contributed by atoms with Gasteiger partial charge in [0.25, 0.3) is 0 Å². The van der Waals surface area contributed by atoms with Gasteiger partial charge in [-0.25, -0.2) is 0 Å². The van der Waals surface area contributed by atoms with E-state index in [4.69, 9.17) is 0 Å². The van der Waals surface area contributed by atoms with E-state index < -0.39 is 23.3 Å². The lowest BCUT2D eigenvalue weighted by atomic mass is 9.43. The second-order valence-electron chi connectivity index (χ2n) is 12.9. The van der Waals surface area contributed by atoms with Crippen LogP contribution in [0.4, 0.5) is 13.2 Å². The zero-order valence-corrected chi connectivity index (χ0v) is 20.1. The van der Waals surface area contributed by atoms with Crippen LogP contribution in [0.1, 0.15) is 98.8 Å². The molecular formula is C26H43F3O2. The van der Waals surface area contributed by atoms with Crippen LogP contribution < -0.4 is 0 Å². The van der Waals surface area contributed by atoms with E-state index in [0.717, 1.165) is 64.2 Å². The van der Waals surface area contributed by atoms with Crippen LogP contribution in [0.15, 0.2) is 0 Å². The Bertz CT molecular complexity index is 691. The summed E-state index contributed by atoms with van der Waals surface area (Å²) in [7, 11) is 0. The highest BCUT2D eigenvalue weighted by Gasteiger charge is 2.65. The molecule has 0 aliphatic heterocycles. The summed E-state index contributed by atoms with van der Waals surface area (Å²) < 4.78 is 40.4. The minimum atomic E-state index is -4.57. The fraction of sp³-hybridized carbons (Fsp3) is 1.00. The van der Waals surface area contributed by atoms with Crippen LogP contribution in [0.25, 0.3) is 0 Å². The van der Waals surface area contributed by atoms with E-state index in [1.807, 2.05) is 0 Å². The first-order valence-corrected chi connectivity index (χ1v) is 12.7. The molecule has 0 aromatic heterocycles. The molecule has 4 saturated carbocycles. The van der Waals surface area contributed by atoms with Crippen molar-refractivity contribution in [1.29, 1.82) is 0 Å². The zero-order chi connectivity index (χ0) is 23.0. The van der Waals surface area contributed by atoms with Gasteiger partial charge in [-0.2, -0.15) is 13.2 Å². The SMILES string of the molecule is CC[C@@]1(O)CC[C@@]2(C)[C@H](CC[C@@H]3[C@@H]2CC[C@]2(C)[C@@H](C(C)(C)[C@H](O)C(F)(F)F)CC[C@@H]32)C1. The van der Waals surface area contributed by atoms with E-state index in [-0.39, 0.29) is 16.7 Å². The van der Waals surface area contributed by atoms with Crippen LogP contribution in [0.2, 0.25) is 0 Å². The van der Waals surface area contributed by atoms with Crippen molar-refractivity contribution in [2.75, 3.05) is 0 Å². The summed E-state index contributed by atoms with van der Waals surface area (Å²) >= 11 is 0. The van der Waals surface area contributed by atoms with Crippen molar-refractivity contribution in [3.63, 3.8) is 0 Å². The molecule has 2 nitrogen and oxygen atoms in total. The second kappa shape index (κ2) is 7.35. The standard InChI is InChI=1S/C26H43F3O2/c1-6-25(31)14-13-23(4)16(15-25)7-8-17-18-9-10-20(24(18,5)12-11-19(17)23)22(2,3)21(30)26(27,28)29/h16-21,30-31H,6-15H2,1-5H3/t16-,17+,18+,19+,20-,21+,23+,24+,25-/m1/s1. The number of aliphatic hydroxyl groups excluding tert-OH is 1. The van der Waals surface area contributed by atoms with Gasteiger partial charge >= 0.3 is 6.18 Å². The van der Waals surface area contributed by atoms with Gasteiger partial charge in [-0.05, 0) is 105 Å². The van der Waals surface area contributed by atoms with E-state index >= 15 is 0 Å². The molecular weight excluding hydrogens is 401 g/mol. The third-order valence-corrected chi connectivity index (χ3v) is 11.4. The largest absolute Gasteiger partial charge is 0.414 e. The predicted octanol–water partition coefficient (Wildman–Crippen LogP) is 6.74. The molecule has 4 aliphatic rings. The first-order chi connectivity index (χ1) is 14.2. The summed E-state index contributed by atoms with van der Waals surface area (Å²) in [6.45, 7) is 10.1. The lowest BCUT2D eigenvalue weighted by Crippen LogP contribution is -2.57. The number of aliphatic hydroxyl groups is 2. The average Bonchev–Trinajstić information content (AvgIpc) is 3.05. The maximum Gasteiger partial charge on any atom is 0.414 e. The van der Waals surface area contributed by atoms with Crippen LogP contribution in [-0.2, 0) is 0 Å². The highest BCUT2D eigenvalue weighted by molar-refractivity contribution is 5.12. The first kappa shape index (κ1) is 23.9. The van der Waals surface area contributed by atoms with Crippen molar-refractivity contribution in [2.24, 2.45) is 45.8 Å². The van der Waals surface area contributed by atoms with Crippen LogP contribution in [0, 0.1) is 45.8 Å². The fourth-order valence-electron chi connectivity index (χ4n) is 9.48. The Labute approximate surface area is 186 Å². The molecule has 4 aliphatic carbocycles. The number of hydrogen-bond acceptors (Lipinski definition) is 2. The lowest BCUT2D eigenvalue weighted by molar-refractivity contribution is -0.250. The minimum Gasteiger partial charge on any atom is -0.390 e. The fourth-order valence-corrected chi connectivity index (χ4v) is 9.48. The van der Waals surface area contributed by atoms with Crippen LogP contribution >= 0.6 is 0 Å². The number of hydrogen-bond donors (Lipinski definition) is 2. The highest BCUT2D eigenvalue weighted by Crippen LogP contribution is 2.70. The number of halogens is 3. The van der Waals surface area contributed by atoms with Crippen molar-refractivity contribution >= 4 is 0 Å². The summed E-state index contributed by atoms with van der Waals surface area (Å²) in [4.78, 5) is 0. The Hall–Kier alpha value is -0.290. The molecule has 0 radical (unpaired) electrons. The van der Waals surface area contributed by atoms with Gasteiger partial charge in [0, 0.05) is 5.41 Å². The summed E-state index contributed by atoms with van der Waals surface area (Å²) in [5.74, 6) is 2.12. The molecule has 2 N–H and O–H groups in total. The molecule has 4 fully saturated rings. The molecule has 0 aromatic rings. The highest BCUT2D eigenvalue weighted by atomic mass is 19.4. The van der Waals surface area contributed by atoms with Gasteiger partial charge in [-0.15, -0.1) is 0 Å². The summed E-state index contributed by atoms with van der Waals surface area (Å²) in [6, 6.07) is 0. The van der Waals surface area contributed by atoms with Gasteiger partial charge in [0.2, 0.25) is 0 Å². The molecule has 0 amide bonds. The van der Waals surface area contributed by atoms with E-state index in [1.54, 1.807) is 13.8 Å². The summed E-state index contributed by atoms with van der Waals surface area (Å²) in [5, 5.41) is 21.2. The van der Waals surface area contributed by atoms with Gasteiger partial charge in [0.1, 0.15) is 0 Å². The van der Waals surface area contributed by atoms with Gasteiger partial charge in [-0.1, -0.05) is 34.6 Å². The smallest absolute Gasteiger partial charge is 0.390 e. The van der Waals surface area contributed by atoms with Crippen molar-refractivity contribution < 1.29 is 23.4 Å². The number of rotatable bonds is 3. The Kier molecular flexibility index (Phi) is 5.66.